The molecule has 3 N–H and O–H groups in total. The van der Waals surface area contributed by atoms with Crippen LogP contribution in [0.3, 0.4) is 0 Å². The van der Waals surface area contributed by atoms with Crippen LogP contribution in [0.1, 0.15) is 41.6 Å². The van der Waals surface area contributed by atoms with Crippen LogP contribution in [-0.4, -0.2) is 27.9 Å². The van der Waals surface area contributed by atoms with E-state index >= 15 is 0 Å². The summed E-state index contributed by atoms with van der Waals surface area (Å²) < 4.78 is 0. The van der Waals surface area contributed by atoms with Crippen molar-refractivity contribution in [2.75, 3.05) is 5.32 Å². The van der Waals surface area contributed by atoms with Crippen LogP contribution in [0.2, 0.25) is 0 Å². The number of carbonyl (C=O) groups is 3. The minimum absolute atomic E-state index is 0.222. The largest absolute Gasteiger partial charge is 0.481 e. The zero-order valence-electron chi connectivity index (χ0n) is 15.4. The number of rotatable bonds is 6. The second kappa shape index (κ2) is 9.12. The summed E-state index contributed by atoms with van der Waals surface area (Å²) in [6.07, 6.45) is 6.17. The normalized spacial score (nSPS) is 18.9. The first-order valence-electron chi connectivity index (χ1n) is 9.35. The third-order valence-electron chi connectivity index (χ3n) is 5.01. The molecular formula is C21H23N3O4. The van der Waals surface area contributed by atoms with Crippen molar-refractivity contribution in [3.05, 3.63) is 59.9 Å². The molecule has 1 aliphatic rings. The number of aromatic nitrogens is 1. The van der Waals surface area contributed by atoms with Crippen LogP contribution in [0.25, 0.3) is 0 Å². The molecule has 7 nitrogen and oxygen atoms in total. The predicted molar refractivity (Wildman–Crippen MR) is 104 cm³/mol. The van der Waals surface area contributed by atoms with Gasteiger partial charge in [0.25, 0.3) is 5.91 Å². The molecule has 146 valence electrons. The average Bonchev–Trinajstić information content (AvgIpc) is 2.73. The third-order valence-corrected chi connectivity index (χ3v) is 5.01. The molecule has 0 spiro atoms. The Labute approximate surface area is 163 Å². The van der Waals surface area contributed by atoms with Gasteiger partial charge >= 0.3 is 5.97 Å². The molecule has 0 bridgehead atoms. The molecule has 7 heteroatoms. The number of amides is 2. The van der Waals surface area contributed by atoms with Crippen molar-refractivity contribution in [1.29, 1.82) is 0 Å². The van der Waals surface area contributed by atoms with E-state index in [0.717, 1.165) is 18.4 Å². The Kier molecular flexibility index (Phi) is 6.37. The number of benzene rings is 1. The molecule has 1 aliphatic carbocycles. The summed E-state index contributed by atoms with van der Waals surface area (Å²) in [7, 11) is 0. The fourth-order valence-corrected chi connectivity index (χ4v) is 3.47. The van der Waals surface area contributed by atoms with Crippen molar-refractivity contribution in [3.8, 4) is 0 Å². The standard InChI is InChI=1S/C21H23N3O4/c25-19(23-13-14-4-3-11-22-12-14)15-7-9-16(10-8-15)24-20(26)17-5-1-2-6-18(17)21(27)28/h3-4,7-12,17-18H,1-2,5-6,13H2,(H,23,25)(H,24,26)(H,27,28)/t17-,18-/m1/s1. The van der Waals surface area contributed by atoms with Gasteiger partial charge in [0.1, 0.15) is 0 Å². The van der Waals surface area contributed by atoms with Crippen LogP contribution >= 0.6 is 0 Å². The Morgan fingerprint density at radius 1 is 1.04 bits per heavy atom. The summed E-state index contributed by atoms with van der Waals surface area (Å²) in [4.78, 5) is 40.1. The average molecular weight is 381 g/mol. The lowest BCUT2D eigenvalue weighted by molar-refractivity contribution is -0.147. The van der Waals surface area contributed by atoms with Gasteiger partial charge in [0.2, 0.25) is 5.91 Å². The van der Waals surface area contributed by atoms with Crippen LogP contribution in [-0.2, 0) is 16.1 Å². The summed E-state index contributed by atoms with van der Waals surface area (Å²) in [5.74, 6) is -2.57. The number of carboxylic acid groups (broad SMARTS) is 1. The van der Waals surface area contributed by atoms with E-state index in [1.54, 1.807) is 42.7 Å². The highest BCUT2D eigenvalue weighted by Gasteiger charge is 2.35. The van der Waals surface area contributed by atoms with Crippen molar-refractivity contribution in [2.24, 2.45) is 11.8 Å². The number of nitrogens with zero attached hydrogens (tertiary/aromatic N) is 1. The van der Waals surface area contributed by atoms with Crippen LogP contribution in [0.4, 0.5) is 5.69 Å². The molecule has 1 aromatic heterocycles. The Bertz CT molecular complexity index is 836. The van der Waals surface area contributed by atoms with E-state index in [-0.39, 0.29) is 11.8 Å². The van der Waals surface area contributed by atoms with E-state index in [9.17, 15) is 19.5 Å². The van der Waals surface area contributed by atoms with Crippen molar-refractivity contribution in [1.82, 2.24) is 10.3 Å². The molecule has 0 unspecified atom stereocenters. The number of nitrogens with one attached hydrogen (secondary N) is 2. The summed E-state index contributed by atoms with van der Waals surface area (Å²) in [5, 5.41) is 14.9. The van der Waals surface area contributed by atoms with Crippen molar-refractivity contribution >= 4 is 23.5 Å². The Balaban J connectivity index is 1.57. The highest BCUT2D eigenvalue weighted by molar-refractivity contribution is 5.97. The first-order chi connectivity index (χ1) is 13.5. The van der Waals surface area contributed by atoms with Gasteiger partial charge in [0, 0.05) is 30.2 Å². The van der Waals surface area contributed by atoms with Gasteiger partial charge in [-0.2, -0.15) is 0 Å². The molecule has 0 saturated heterocycles. The molecule has 0 radical (unpaired) electrons. The summed E-state index contributed by atoms with van der Waals surface area (Å²) in [5.41, 5.74) is 1.92. The Morgan fingerprint density at radius 3 is 2.39 bits per heavy atom. The predicted octanol–water partition coefficient (Wildman–Crippen LogP) is 2.84. The summed E-state index contributed by atoms with van der Waals surface area (Å²) in [6.45, 7) is 0.378. The van der Waals surface area contributed by atoms with Gasteiger partial charge in [-0.05, 0) is 48.7 Å². The van der Waals surface area contributed by atoms with Crippen molar-refractivity contribution in [2.45, 2.75) is 32.2 Å². The molecule has 1 heterocycles. The quantitative estimate of drug-likeness (QED) is 0.713. The monoisotopic (exact) mass is 381 g/mol. The molecule has 2 amide bonds. The topological polar surface area (TPSA) is 108 Å². The fraction of sp³-hybridized carbons (Fsp3) is 0.333. The summed E-state index contributed by atoms with van der Waals surface area (Å²) in [6, 6.07) is 10.2. The minimum atomic E-state index is -0.916. The van der Waals surface area contributed by atoms with Crippen LogP contribution in [0.5, 0.6) is 0 Å². The zero-order chi connectivity index (χ0) is 19.9. The van der Waals surface area contributed by atoms with Gasteiger partial charge in [-0.25, -0.2) is 0 Å². The number of aliphatic carboxylic acids is 1. The van der Waals surface area contributed by atoms with Gasteiger partial charge in [-0.1, -0.05) is 18.9 Å². The van der Waals surface area contributed by atoms with E-state index in [0.29, 0.717) is 30.6 Å². The number of anilines is 1. The maximum absolute atomic E-state index is 12.5. The van der Waals surface area contributed by atoms with E-state index in [2.05, 4.69) is 15.6 Å². The number of pyridine rings is 1. The number of carbonyl (C=O) groups excluding carboxylic acids is 2. The molecule has 0 aliphatic heterocycles. The highest BCUT2D eigenvalue weighted by atomic mass is 16.4. The first-order valence-corrected chi connectivity index (χ1v) is 9.35. The minimum Gasteiger partial charge on any atom is -0.481 e. The lowest BCUT2D eigenvalue weighted by atomic mass is 9.78. The molecule has 2 atom stereocenters. The smallest absolute Gasteiger partial charge is 0.307 e. The molecule has 1 aromatic carbocycles. The number of carboxylic acids is 1. The van der Waals surface area contributed by atoms with Crippen LogP contribution < -0.4 is 10.6 Å². The number of hydrogen-bond donors (Lipinski definition) is 3. The van der Waals surface area contributed by atoms with Crippen molar-refractivity contribution < 1.29 is 19.5 Å². The second-order valence-electron chi connectivity index (χ2n) is 6.95. The van der Waals surface area contributed by atoms with E-state index in [4.69, 9.17) is 0 Å². The SMILES string of the molecule is O=C(NCc1cccnc1)c1ccc(NC(=O)[C@@H]2CCCC[C@H]2C(=O)O)cc1. The molecule has 2 aromatic rings. The Hall–Kier alpha value is -3.22. The number of hydrogen-bond acceptors (Lipinski definition) is 4. The molecular weight excluding hydrogens is 358 g/mol. The molecule has 28 heavy (non-hydrogen) atoms. The summed E-state index contributed by atoms with van der Waals surface area (Å²) >= 11 is 0. The molecule has 1 fully saturated rings. The highest BCUT2D eigenvalue weighted by Crippen LogP contribution is 2.31. The van der Waals surface area contributed by atoms with E-state index in [1.807, 2.05) is 6.07 Å². The van der Waals surface area contributed by atoms with E-state index in [1.165, 1.54) is 0 Å². The van der Waals surface area contributed by atoms with Crippen LogP contribution in [0.15, 0.2) is 48.8 Å². The molecule has 3 rings (SSSR count). The Morgan fingerprint density at radius 2 is 1.75 bits per heavy atom. The van der Waals surface area contributed by atoms with Gasteiger partial charge in [-0.3, -0.25) is 19.4 Å². The van der Waals surface area contributed by atoms with E-state index < -0.39 is 17.8 Å². The van der Waals surface area contributed by atoms with Crippen molar-refractivity contribution in [3.63, 3.8) is 0 Å². The van der Waals surface area contributed by atoms with Crippen LogP contribution in [0, 0.1) is 11.8 Å². The first kappa shape index (κ1) is 19.5. The van der Waals surface area contributed by atoms with Gasteiger partial charge in [-0.15, -0.1) is 0 Å². The third kappa shape index (κ3) is 4.94. The van der Waals surface area contributed by atoms with Gasteiger partial charge in [0.15, 0.2) is 0 Å². The zero-order valence-corrected chi connectivity index (χ0v) is 15.4. The lowest BCUT2D eigenvalue weighted by Gasteiger charge is -2.27. The fourth-order valence-electron chi connectivity index (χ4n) is 3.47. The maximum atomic E-state index is 12.5. The van der Waals surface area contributed by atoms with Gasteiger partial charge in [0.05, 0.1) is 11.8 Å². The maximum Gasteiger partial charge on any atom is 0.307 e. The molecule has 1 saturated carbocycles. The second-order valence-corrected chi connectivity index (χ2v) is 6.95. The lowest BCUT2D eigenvalue weighted by Crippen LogP contribution is -2.36. The van der Waals surface area contributed by atoms with Gasteiger partial charge < -0.3 is 15.7 Å².